The van der Waals surface area contributed by atoms with Crippen LogP contribution in [0.5, 0.6) is 0 Å². The van der Waals surface area contributed by atoms with Gasteiger partial charge in [-0.2, -0.15) is 5.10 Å². The summed E-state index contributed by atoms with van der Waals surface area (Å²) in [5.41, 5.74) is 2.57. The van der Waals surface area contributed by atoms with Crippen molar-refractivity contribution in [3.8, 4) is 0 Å². The number of ether oxygens (including phenoxy) is 1. The first kappa shape index (κ1) is 14.3. The molecule has 1 aliphatic heterocycles. The fraction of sp³-hybridized carbons (Fsp3) is 0.312. The van der Waals surface area contributed by atoms with Gasteiger partial charge in [-0.25, -0.2) is 0 Å². The Bertz CT molecular complexity index is 776. The lowest BCUT2D eigenvalue weighted by molar-refractivity contribution is -0.134. The molecule has 1 aromatic heterocycles. The molecule has 1 aromatic carbocycles. The molecule has 6 heteroatoms. The van der Waals surface area contributed by atoms with Gasteiger partial charge in [-0.15, -0.1) is 0 Å². The van der Waals surface area contributed by atoms with E-state index >= 15 is 0 Å². The highest BCUT2D eigenvalue weighted by Gasteiger charge is 2.30. The zero-order valence-electron chi connectivity index (χ0n) is 12.5. The lowest BCUT2D eigenvalue weighted by Crippen LogP contribution is -2.41. The lowest BCUT2D eigenvalue weighted by Gasteiger charge is -2.23. The minimum atomic E-state index is -0.383. The van der Waals surface area contributed by atoms with Gasteiger partial charge in [-0.05, 0) is 24.1 Å². The van der Waals surface area contributed by atoms with Crippen molar-refractivity contribution >= 4 is 28.3 Å². The van der Waals surface area contributed by atoms with Crippen molar-refractivity contribution in [2.75, 3.05) is 7.11 Å². The summed E-state index contributed by atoms with van der Waals surface area (Å²) >= 11 is 0. The molecule has 1 saturated heterocycles. The molecule has 1 unspecified atom stereocenters. The first-order valence-corrected chi connectivity index (χ1v) is 7.09. The number of hydrogen-bond donors (Lipinski definition) is 1. The SMILES string of the molecule is CO/C=C(\c1ccc2nn(C)cc2c1)C1CCC(=O)NC1=O. The predicted molar refractivity (Wildman–Crippen MR) is 81.6 cm³/mol. The van der Waals surface area contributed by atoms with E-state index in [1.165, 1.54) is 0 Å². The van der Waals surface area contributed by atoms with Gasteiger partial charge in [0.05, 0.1) is 24.8 Å². The van der Waals surface area contributed by atoms with Crippen molar-refractivity contribution < 1.29 is 14.3 Å². The molecule has 6 nitrogen and oxygen atoms in total. The standard InChI is InChI=1S/C16H17N3O3/c1-19-8-11-7-10(3-5-14(11)18-19)13(9-22-2)12-4-6-15(20)17-16(12)21/h3,5,7-9,12H,4,6H2,1-2H3,(H,17,20,21)/b13-9+. The molecule has 2 aromatic rings. The van der Waals surface area contributed by atoms with Gasteiger partial charge in [-0.3, -0.25) is 19.6 Å². The molecule has 1 atom stereocenters. The molecule has 0 saturated carbocycles. The number of aryl methyl sites for hydroxylation is 1. The molecule has 2 amide bonds. The van der Waals surface area contributed by atoms with Crippen LogP contribution in [0.4, 0.5) is 0 Å². The molecular weight excluding hydrogens is 282 g/mol. The summed E-state index contributed by atoms with van der Waals surface area (Å²) in [5.74, 6) is -0.877. The zero-order chi connectivity index (χ0) is 15.7. The lowest BCUT2D eigenvalue weighted by atomic mass is 9.86. The molecule has 22 heavy (non-hydrogen) atoms. The van der Waals surface area contributed by atoms with Crippen LogP contribution in [0.2, 0.25) is 0 Å². The maximum absolute atomic E-state index is 12.1. The van der Waals surface area contributed by atoms with E-state index in [1.807, 2.05) is 31.4 Å². The Balaban J connectivity index is 2.00. The van der Waals surface area contributed by atoms with Gasteiger partial charge in [0.1, 0.15) is 0 Å². The molecule has 0 spiro atoms. The fourth-order valence-electron chi connectivity index (χ4n) is 2.80. The highest BCUT2D eigenvalue weighted by atomic mass is 16.5. The number of fused-ring (bicyclic) bond motifs is 1. The van der Waals surface area contributed by atoms with Gasteiger partial charge >= 0.3 is 0 Å². The average molecular weight is 299 g/mol. The molecule has 114 valence electrons. The number of hydrogen-bond acceptors (Lipinski definition) is 4. The van der Waals surface area contributed by atoms with Crippen LogP contribution in [0.15, 0.2) is 30.7 Å². The van der Waals surface area contributed by atoms with Crippen LogP contribution < -0.4 is 5.32 Å². The van der Waals surface area contributed by atoms with E-state index in [9.17, 15) is 9.59 Å². The number of nitrogens with zero attached hydrogens (tertiary/aromatic N) is 2. The molecular formula is C16H17N3O3. The highest BCUT2D eigenvalue weighted by Crippen LogP contribution is 2.31. The molecule has 0 radical (unpaired) electrons. The van der Waals surface area contributed by atoms with Crippen molar-refractivity contribution in [2.45, 2.75) is 12.8 Å². The number of aromatic nitrogens is 2. The summed E-state index contributed by atoms with van der Waals surface area (Å²) in [4.78, 5) is 23.4. The van der Waals surface area contributed by atoms with E-state index < -0.39 is 0 Å². The van der Waals surface area contributed by atoms with Crippen LogP contribution in [0.25, 0.3) is 16.5 Å². The van der Waals surface area contributed by atoms with Gasteiger partial charge in [0, 0.05) is 30.6 Å². The van der Waals surface area contributed by atoms with Crippen molar-refractivity contribution in [2.24, 2.45) is 13.0 Å². The van der Waals surface area contributed by atoms with Gasteiger partial charge < -0.3 is 4.74 Å². The van der Waals surface area contributed by atoms with Crippen LogP contribution in [0, 0.1) is 5.92 Å². The van der Waals surface area contributed by atoms with Crippen LogP contribution >= 0.6 is 0 Å². The van der Waals surface area contributed by atoms with Crippen LogP contribution in [-0.4, -0.2) is 28.7 Å². The Morgan fingerprint density at radius 2 is 2.27 bits per heavy atom. The summed E-state index contributed by atoms with van der Waals surface area (Å²) in [7, 11) is 3.42. The molecule has 3 rings (SSSR count). The van der Waals surface area contributed by atoms with E-state index in [4.69, 9.17) is 4.74 Å². The molecule has 0 bridgehead atoms. The second kappa shape index (κ2) is 5.63. The molecule has 2 heterocycles. The monoisotopic (exact) mass is 299 g/mol. The van der Waals surface area contributed by atoms with E-state index in [-0.39, 0.29) is 17.7 Å². The van der Waals surface area contributed by atoms with Crippen LogP contribution in [-0.2, 0) is 21.4 Å². The third-order valence-electron chi connectivity index (χ3n) is 3.81. The molecule has 1 fully saturated rings. The fourth-order valence-corrected chi connectivity index (χ4v) is 2.80. The third kappa shape index (κ3) is 2.59. The number of rotatable bonds is 3. The number of nitrogens with one attached hydrogen (secondary N) is 1. The van der Waals surface area contributed by atoms with Gasteiger partial charge in [0.25, 0.3) is 0 Å². The average Bonchev–Trinajstić information content (AvgIpc) is 2.84. The summed E-state index contributed by atoms with van der Waals surface area (Å²) in [6, 6.07) is 5.82. The van der Waals surface area contributed by atoms with Crippen molar-refractivity contribution in [1.29, 1.82) is 0 Å². The number of carbonyl (C=O) groups is 2. The number of piperidine rings is 1. The Morgan fingerprint density at radius 1 is 1.45 bits per heavy atom. The number of benzene rings is 1. The smallest absolute Gasteiger partial charge is 0.234 e. The molecule has 1 aliphatic rings. The number of methoxy groups -OCH3 is 1. The van der Waals surface area contributed by atoms with E-state index in [0.29, 0.717) is 12.8 Å². The van der Waals surface area contributed by atoms with E-state index in [1.54, 1.807) is 18.1 Å². The Hall–Kier alpha value is -2.63. The first-order valence-electron chi connectivity index (χ1n) is 7.09. The van der Waals surface area contributed by atoms with E-state index in [0.717, 1.165) is 22.0 Å². The normalized spacial score (nSPS) is 19.4. The second-order valence-electron chi connectivity index (χ2n) is 5.39. The molecule has 0 aliphatic carbocycles. The van der Waals surface area contributed by atoms with Gasteiger partial charge in [0.15, 0.2) is 0 Å². The van der Waals surface area contributed by atoms with Crippen LogP contribution in [0.3, 0.4) is 0 Å². The maximum atomic E-state index is 12.1. The topological polar surface area (TPSA) is 73.2 Å². The van der Waals surface area contributed by atoms with Crippen LogP contribution in [0.1, 0.15) is 18.4 Å². The number of amides is 2. The van der Waals surface area contributed by atoms with Gasteiger partial charge in [0.2, 0.25) is 11.8 Å². The predicted octanol–water partition coefficient (Wildman–Crippen LogP) is 1.61. The Labute approximate surface area is 127 Å². The largest absolute Gasteiger partial charge is 0.504 e. The van der Waals surface area contributed by atoms with Crippen molar-refractivity contribution in [3.05, 3.63) is 36.2 Å². The molecule has 1 N–H and O–H groups in total. The summed E-state index contributed by atoms with van der Waals surface area (Å²) in [6.07, 6.45) is 4.34. The Kier molecular flexibility index (Phi) is 3.66. The first-order chi connectivity index (χ1) is 10.6. The van der Waals surface area contributed by atoms with Crippen molar-refractivity contribution in [1.82, 2.24) is 15.1 Å². The maximum Gasteiger partial charge on any atom is 0.234 e. The summed E-state index contributed by atoms with van der Waals surface area (Å²) < 4.78 is 6.91. The number of carbonyl (C=O) groups excluding carboxylic acids is 2. The third-order valence-corrected chi connectivity index (χ3v) is 3.81. The zero-order valence-corrected chi connectivity index (χ0v) is 12.5. The number of imide groups is 1. The van der Waals surface area contributed by atoms with E-state index in [2.05, 4.69) is 10.4 Å². The van der Waals surface area contributed by atoms with Crippen molar-refractivity contribution in [3.63, 3.8) is 0 Å². The van der Waals surface area contributed by atoms with Gasteiger partial charge in [-0.1, -0.05) is 6.07 Å². The highest BCUT2D eigenvalue weighted by molar-refractivity contribution is 6.04. The summed E-state index contributed by atoms with van der Waals surface area (Å²) in [5, 5.41) is 7.72. The summed E-state index contributed by atoms with van der Waals surface area (Å²) in [6.45, 7) is 0. The quantitative estimate of drug-likeness (QED) is 0.690. The Morgan fingerprint density at radius 3 is 3.00 bits per heavy atom. The minimum Gasteiger partial charge on any atom is -0.504 e. The second-order valence-corrected chi connectivity index (χ2v) is 5.39. The minimum absolute atomic E-state index is 0.222.